The summed E-state index contributed by atoms with van der Waals surface area (Å²) in [5, 5.41) is 0.572. The Morgan fingerprint density at radius 2 is 1.88 bits per heavy atom. The third-order valence-corrected chi connectivity index (χ3v) is 2.62. The number of rotatable bonds is 2. The van der Waals surface area contributed by atoms with Gasteiger partial charge in [0.05, 0.1) is 0 Å². The molecule has 0 aliphatic rings. The van der Waals surface area contributed by atoms with E-state index in [4.69, 9.17) is 11.6 Å². The molecule has 0 saturated carbocycles. The highest BCUT2D eigenvalue weighted by atomic mass is 35.5. The van der Waals surface area contributed by atoms with Crippen molar-refractivity contribution in [1.82, 2.24) is 4.98 Å². The monoisotopic (exact) mass is 231 g/mol. The number of carbonyl (C=O) groups is 1. The Hall–Kier alpha value is -1.67. The Balaban J connectivity index is 2.46. The quantitative estimate of drug-likeness (QED) is 0.743. The lowest BCUT2D eigenvalue weighted by Gasteiger charge is -2.05. The maximum absolute atomic E-state index is 12.1. The summed E-state index contributed by atoms with van der Waals surface area (Å²) in [5.41, 5.74) is 2.19. The van der Waals surface area contributed by atoms with Crippen LogP contribution in [0.1, 0.15) is 21.5 Å². The van der Waals surface area contributed by atoms with E-state index in [1.165, 1.54) is 0 Å². The number of halogens is 1. The second-order valence-corrected chi connectivity index (χ2v) is 3.96. The number of aromatic nitrogens is 1. The summed E-state index contributed by atoms with van der Waals surface area (Å²) in [7, 11) is 0. The molecule has 3 heteroatoms. The van der Waals surface area contributed by atoms with Crippen molar-refractivity contribution < 1.29 is 4.79 Å². The number of aryl methyl sites for hydroxylation is 1. The summed E-state index contributed by atoms with van der Waals surface area (Å²) >= 11 is 5.88. The first kappa shape index (κ1) is 10.8. The van der Waals surface area contributed by atoms with Gasteiger partial charge in [0.1, 0.15) is 0 Å². The standard InChI is InChI=1S/C13H10ClNO/c1-9-2-3-11(14)8-12(9)13(16)10-4-6-15-7-5-10/h2-8H,1H3. The van der Waals surface area contributed by atoms with Crippen LogP contribution in [0.25, 0.3) is 0 Å². The lowest BCUT2D eigenvalue weighted by molar-refractivity contribution is 0.103. The molecule has 0 aliphatic heterocycles. The van der Waals surface area contributed by atoms with Crippen molar-refractivity contribution in [3.05, 3.63) is 64.4 Å². The van der Waals surface area contributed by atoms with Crippen LogP contribution in [0.15, 0.2) is 42.7 Å². The Morgan fingerprint density at radius 3 is 2.56 bits per heavy atom. The van der Waals surface area contributed by atoms with Gasteiger partial charge in [-0.25, -0.2) is 0 Å². The van der Waals surface area contributed by atoms with Crippen molar-refractivity contribution in [2.75, 3.05) is 0 Å². The number of ketones is 1. The van der Waals surface area contributed by atoms with Gasteiger partial charge in [-0.2, -0.15) is 0 Å². The molecule has 0 radical (unpaired) electrons. The number of carbonyl (C=O) groups excluding carboxylic acids is 1. The minimum Gasteiger partial charge on any atom is -0.289 e. The molecule has 0 fully saturated rings. The third kappa shape index (κ3) is 2.12. The number of benzene rings is 1. The van der Waals surface area contributed by atoms with Gasteiger partial charge in [0, 0.05) is 28.5 Å². The maximum Gasteiger partial charge on any atom is 0.193 e. The van der Waals surface area contributed by atoms with Crippen molar-refractivity contribution in [2.45, 2.75) is 6.92 Å². The average Bonchev–Trinajstić information content (AvgIpc) is 2.32. The molecule has 16 heavy (non-hydrogen) atoms. The van der Waals surface area contributed by atoms with E-state index in [1.54, 1.807) is 36.7 Å². The van der Waals surface area contributed by atoms with Gasteiger partial charge >= 0.3 is 0 Å². The molecule has 1 aromatic heterocycles. The molecule has 0 spiro atoms. The summed E-state index contributed by atoms with van der Waals surface area (Å²) in [6.07, 6.45) is 3.21. The molecule has 1 aromatic carbocycles. The summed E-state index contributed by atoms with van der Waals surface area (Å²) < 4.78 is 0. The predicted octanol–water partition coefficient (Wildman–Crippen LogP) is 3.27. The van der Waals surface area contributed by atoms with Gasteiger partial charge in [0.2, 0.25) is 0 Å². The van der Waals surface area contributed by atoms with Gasteiger partial charge in [-0.1, -0.05) is 17.7 Å². The molecule has 0 unspecified atom stereocenters. The fraction of sp³-hybridized carbons (Fsp3) is 0.0769. The van der Waals surface area contributed by atoms with Gasteiger partial charge in [0.25, 0.3) is 0 Å². The van der Waals surface area contributed by atoms with E-state index in [0.717, 1.165) is 5.56 Å². The Labute approximate surface area is 98.9 Å². The van der Waals surface area contributed by atoms with Crippen molar-refractivity contribution >= 4 is 17.4 Å². The SMILES string of the molecule is Cc1ccc(Cl)cc1C(=O)c1ccncc1. The van der Waals surface area contributed by atoms with Crippen LogP contribution >= 0.6 is 11.6 Å². The first-order valence-corrected chi connectivity index (χ1v) is 5.27. The fourth-order valence-corrected chi connectivity index (χ4v) is 1.67. The summed E-state index contributed by atoms with van der Waals surface area (Å²) in [4.78, 5) is 16.0. The highest BCUT2D eigenvalue weighted by molar-refractivity contribution is 6.31. The summed E-state index contributed by atoms with van der Waals surface area (Å²) in [6, 6.07) is 8.71. The number of pyridine rings is 1. The molecule has 0 aliphatic carbocycles. The maximum atomic E-state index is 12.1. The highest BCUT2D eigenvalue weighted by Gasteiger charge is 2.11. The van der Waals surface area contributed by atoms with Crippen LogP contribution in [0, 0.1) is 6.92 Å². The zero-order valence-corrected chi connectivity index (χ0v) is 9.53. The van der Waals surface area contributed by atoms with Crippen molar-refractivity contribution in [2.24, 2.45) is 0 Å². The van der Waals surface area contributed by atoms with Crippen LogP contribution in [0.3, 0.4) is 0 Å². The molecule has 0 N–H and O–H groups in total. The van der Waals surface area contributed by atoms with E-state index >= 15 is 0 Å². The predicted molar refractivity (Wildman–Crippen MR) is 63.9 cm³/mol. The molecule has 80 valence electrons. The molecular formula is C13H10ClNO. The van der Waals surface area contributed by atoms with E-state index in [-0.39, 0.29) is 5.78 Å². The minimum atomic E-state index is -0.0256. The lowest BCUT2D eigenvalue weighted by atomic mass is 10.00. The van der Waals surface area contributed by atoms with Crippen LogP contribution < -0.4 is 0 Å². The van der Waals surface area contributed by atoms with Crippen LogP contribution in [-0.4, -0.2) is 10.8 Å². The second-order valence-electron chi connectivity index (χ2n) is 3.52. The fourth-order valence-electron chi connectivity index (χ4n) is 1.50. The van der Waals surface area contributed by atoms with Crippen LogP contribution in [0.2, 0.25) is 5.02 Å². The summed E-state index contributed by atoms with van der Waals surface area (Å²) in [6.45, 7) is 1.89. The van der Waals surface area contributed by atoms with Gasteiger partial charge in [-0.05, 0) is 36.8 Å². The van der Waals surface area contributed by atoms with Crippen LogP contribution in [-0.2, 0) is 0 Å². The molecule has 1 heterocycles. The van der Waals surface area contributed by atoms with Crippen LogP contribution in [0.5, 0.6) is 0 Å². The van der Waals surface area contributed by atoms with Gasteiger partial charge in [-0.15, -0.1) is 0 Å². The lowest BCUT2D eigenvalue weighted by Crippen LogP contribution is -2.03. The Bertz CT molecular complexity index is 523. The molecule has 0 atom stereocenters. The smallest absolute Gasteiger partial charge is 0.193 e. The molecule has 0 amide bonds. The van der Waals surface area contributed by atoms with Crippen molar-refractivity contribution in [3.8, 4) is 0 Å². The molecule has 2 nitrogen and oxygen atoms in total. The molecule has 2 aromatic rings. The molecule has 2 rings (SSSR count). The third-order valence-electron chi connectivity index (χ3n) is 2.39. The van der Waals surface area contributed by atoms with Crippen LogP contribution in [0.4, 0.5) is 0 Å². The number of hydrogen-bond acceptors (Lipinski definition) is 2. The Kier molecular flexibility index (Phi) is 3.02. The van der Waals surface area contributed by atoms with Crippen molar-refractivity contribution in [3.63, 3.8) is 0 Å². The largest absolute Gasteiger partial charge is 0.289 e. The number of hydrogen-bond donors (Lipinski definition) is 0. The normalized spacial score (nSPS) is 10.1. The number of nitrogens with zero attached hydrogens (tertiary/aromatic N) is 1. The molecule has 0 bridgehead atoms. The van der Waals surface area contributed by atoms with E-state index in [0.29, 0.717) is 16.1 Å². The van der Waals surface area contributed by atoms with Gasteiger partial charge in [0.15, 0.2) is 5.78 Å². The average molecular weight is 232 g/mol. The van der Waals surface area contributed by atoms with Gasteiger partial charge < -0.3 is 0 Å². The summed E-state index contributed by atoms with van der Waals surface area (Å²) in [5.74, 6) is -0.0256. The zero-order chi connectivity index (χ0) is 11.5. The van der Waals surface area contributed by atoms with E-state index in [1.807, 2.05) is 13.0 Å². The van der Waals surface area contributed by atoms with Crippen molar-refractivity contribution in [1.29, 1.82) is 0 Å². The van der Waals surface area contributed by atoms with E-state index < -0.39 is 0 Å². The second kappa shape index (κ2) is 4.45. The first-order valence-electron chi connectivity index (χ1n) is 4.89. The van der Waals surface area contributed by atoms with Gasteiger partial charge in [-0.3, -0.25) is 9.78 Å². The van der Waals surface area contributed by atoms with E-state index in [2.05, 4.69) is 4.98 Å². The highest BCUT2D eigenvalue weighted by Crippen LogP contribution is 2.18. The minimum absolute atomic E-state index is 0.0256. The molecular weight excluding hydrogens is 222 g/mol. The first-order chi connectivity index (χ1) is 7.68. The molecule has 0 saturated heterocycles. The zero-order valence-electron chi connectivity index (χ0n) is 8.77. The van der Waals surface area contributed by atoms with E-state index in [9.17, 15) is 4.79 Å². The Morgan fingerprint density at radius 1 is 1.19 bits per heavy atom. The topological polar surface area (TPSA) is 30.0 Å².